The highest BCUT2D eigenvalue weighted by atomic mass is 31.2. The van der Waals surface area contributed by atoms with Crippen LogP contribution in [-0.4, -0.2) is 42.4 Å². The minimum Gasteiger partial charge on any atom is -0.382 e. The number of rotatable bonds is 6. The number of benzene rings is 2. The third-order valence-electron chi connectivity index (χ3n) is 4.30. The highest BCUT2D eigenvalue weighted by Gasteiger charge is 2.14. The standard InChI is InChI=1S/C18H19N6O3P/c19-16-15-17(24-18(23-15)20-7-8-28(25,26)27)22-14(21-16)10-11-5-6-12-3-1-2-4-13(12)9-11/h1-6,9H,7-8,10H2,(H2,25,26,27)(H4,19,20,21,22,23,24). The number of hydrogen-bond donors (Lipinski definition) is 5. The number of aromatic amines is 1. The van der Waals surface area contributed by atoms with Gasteiger partial charge in [0.15, 0.2) is 11.5 Å². The highest BCUT2D eigenvalue weighted by molar-refractivity contribution is 7.51. The van der Waals surface area contributed by atoms with E-state index in [1.807, 2.05) is 18.2 Å². The maximum Gasteiger partial charge on any atom is 0.327 e. The Morgan fingerprint density at radius 1 is 1.07 bits per heavy atom. The van der Waals surface area contributed by atoms with Crippen molar-refractivity contribution in [2.45, 2.75) is 6.42 Å². The zero-order valence-corrected chi connectivity index (χ0v) is 15.7. The minimum atomic E-state index is -4.07. The Balaban J connectivity index is 1.56. The Kier molecular flexibility index (Phi) is 4.72. The van der Waals surface area contributed by atoms with Crippen molar-refractivity contribution < 1.29 is 14.4 Å². The molecular formula is C18H19N6O3P. The third-order valence-corrected chi connectivity index (χ3v) is 5.10. The molecule has 144 valence electrons. The summed E-state index contributed by atoms with van der Waals surface area (Å²) < 4.78 is 10.9. The van der Waals surface area contributed by atoms with Crippen molar-refractivity contribution in [2.24, 2.45) is 0 Å². The highest BCUT2D eigenvalue weighted by Crippen LogP contribution is 2.33. The van der Waals surface area contributed by atoms with Gasteiger partial charge in [-0.2, -0.15) is 4.98 Å². The van der Waals surface area contributed by atoms with Crippen molar-refractivity contribution in [3.05, 3.63) is 53.9 Å². The molecule has 0 radical (unpaired) electrons. The first kappa shape index (κ1) is 18.4. The van der Waals surface area contributed by atoms with Gasteiger partial charge in [-0.15, -0.1) is 0 Å². The van der Waals surface area contributed by atoms with Crippen molar-refractivity contribution in [3.63, 3.8) is 0 Å². The first-order valence-corrected chi connectivity index (χ1v) is 10.5. The number of fused-ring (bicyclic) bond motifs is 2. The molecule has 0 spiro atoms. The Morgan fingerprint density at radius 2 is 1.86 bits per heavy atom. The fourth-order valence-corrected chi connectivity index (χ4v) is 3.38. The molecule has 0 aliphatic carbocycles. The molecule has 0 bridgehead atoms. The van der Waals surface area contributed by atoms with Crippen molar-refractivity contribution >= 4 is 41.3 Å². The molecule has 2 aromatic carbocycles. The average molecular weight is 398 g/mol. The normalized spacial score (nSPS) is 11.9. The second-order valence-electron chi connectivity index (χ2n) is 6.48. The lowest BCUT2D eigenvalue weighted by Crippen LogP contribution is -2.07. The molecule has 0 aliphatic heterocycles. The SMILES string of the molecule is Nc1nc(Cc2ccc3ccccc3c2)nc2nc(NCCP(=O)(O)O)[nH]c12. The molecule has 0 unspecified atom stereocenters. The van der Waals surface area contributed by atoms with Crippen LogP contribution in [-0.2, 0) is 11.0 Å². The summed E-state index contributed by atoms with van der Waals surface area (Å²) in [6.45, 7) is 0.0708. The van der Waals surface area contributed by atoms with Gasteiger partial charge < -0.3 is 25.8 Å². The summed E-state index contributed by atoms with van der Waals surface area (Å²) in [5, 5.41) is 5.14. The minimum absolute atomic E-state index is 0.0708. The van der Waals surface area contributed by atoms with E-state index in [4.69, 9.17) is 15.5 Å². The van der Waals surface area contributed by atoms with Crippen LogP contribution in [0.2, 0.25) is 0 Å². The first-order chi connectivity index (χ1) is 13.4. The molecule has 2 heterocycles. The third kappa shape index (κ3) is 4.12. The van der Waals surface area contributed by atoms with E-state index in [0.717, 1.165) is 10.9 Å². The lowest BCUT2D eigenvalue weighted by molar-refractivity contribution is 0.374. The Bertz CT molecular complexity index is 1200. The van der Waals surface area contributed by atoms with Crippen LogP contribution in [0.4, 0.5) is 11.8 Å². The maximum atomic E-state index is 10.9. The van der Waals surface area contributed by atoms with Gasteiger partial charge in [0.25, 0.3) is 0 Å². The molecule has 28 heavy (non-hydrogen) atoms. The quantitative estimate of drug-likeness (QED) is 0.310. The number of nitrogens with one attached hydrogen (secondary N) is 2. The van der Waals surface area contributed by atoms with Crippen molar-refractivity contribution in [1.82, 2.24) is 19.9 Å². The van der Waals surface area contributed by atoms with Crippen molar-refractivity contribution in [1.29, 1.82) is 0 Å². The number of nitrogens with zero attached hydrogens (tertiary/aromatic N) is 3. The average Bonchev–Trinajstić information content (AvgIpc) is 3.04. The van der Waals surface area contributed by atoms with Crippen LogP contribution in [0.1, 0.15) is 11.4 Å². The van der Waals surface area contributed by atoms with E-state index in [1.54, 1.807) is 0 Å². The van der Waals surface area contributed by atoms with Crippen molar-refractivity contribution in [2.75, 3.05) is 23.8 Å². The number of nitrogen functional groups attached to an aromatic ring is 1. The molecule has 4 aromatic rings. The van der Waals surface area contributed by atoms with Crippen molar-refractivity contribution in [3.8, 4) is 0 Å². The van der Waals surface area contributed by atoms with Crippen LogP contribution >= 0.6 is 7.60 Å². The molecule has 0 amide bonds. The summed E-state index contributed by atoms with van der Waals surface area (Å²) in [6.07, 6.45) is 0.219. The maximum absolute atomic E-state index is 10.9. The summed E-state index contributed by atoms with van der Waals surface area (Å²) in [4.78, 5) is 33.9. The van der Waals surface area contributed by atoms with E-state index < -0.39 is 7.60 Å². The molecule has 0 saturated heterocycles. The topological polar surface area (TPSA) is 150 Å². The Labute approximate surface area is 160 Å². The van der Waals surface area contributed by atoms with Gasteiger partial charge in [0.1, 0.15) is 11.3 Å². The largest absolute Gasteiger partial charge is 0.382 e. The lowest BCUT2D eigenvalue weighted by atomic mass is 10.0. The number of hydrogen-bond acceptors (Lipinski definition) is 6. The van der Waals surface area contributed by atoms with Gasteiger partial charge in [-0.1, -0.05) is 42.5 Å². The summed E-state index contributed by atoms with van der Waals surface area (Å²) in [6, 6.07) is 14.3. The molecule has 0 saturated carbocycles. The molecule has 9 nitrogen and oxygen atoms in total. The van der Waals surface area contributed by atoms with Crippen LogP contribution in [0.25, 0.3) is 21.9 Å². The zero-order valence-electron chi connectivity index (χ0n) is 14.8. The molecule has 2 aromatic heterocycles. The van der Waals surface area contributed by atoms with Gasteiger partial charge >= 0.3 is 7.60 Å². The van der Waals surface area contributed by atoms with Gasteiger partial charge in [-0.05, 0) is 16.3 Å². The number of aromatic nitrogens is 4. The second-order valence-corrected chi connectivity index (χ2v) is 8.26. The molecule has 0 atom stereocenters. The number of H-pyrrole nitrogens is 1. The van der Waals surface area contributed by atoms with Crippen LogP contribution in [0.5, 0.6) is 0 Å². The molecule has 10 heteroatoms. The fraction of sp³-hybridized carbons (Fsp3) is 0.167. The smallest absolute Gasteiger partial charge is 0.327 e. The molecule has 0 aliphatic rings. The van der Waals surface area contributed by atoms with Crippen LogP contribution in [0.15, 0.2) is 42.5 Å². The lowest BCUT2D eigenvalue weighted by Gasteiger charge is -2.04. The first-order valence-electron chi connectivity index (χ1n) is 8.66. The Hall–Kier alpha value is -3.00. The molecule has 6 N–H and O–H groups in total. The van der Waals surface area contributed by atoms with E-state index in [-0.39, 0.29) is 18.5 Å². The van der Waals surface area contributed by atoms with E-state index in [9.17, 15) is 4.57 Å². The van der Waals surface area contributed by atoms with Gasteiger partial charge in [0.2, 0.25) is 5.95 Å². The predicted molar refractivity (Wildman–Crippen MR) is 108 cm³/mol. The fourth-order valence-electron chi connectivity index (χ4n) is 2.98. The monoisotopic (exact) mass is 398 g/mol. The number of anilines is 2. The molecule has 4 rings (SSSR count). The van der Waals surface area contributed by atoms with E-state index >= 15 is 0 Å². The number of nitrogens with two attached hydrogens (primary N) is 1. The second kappa shape index (κ2) is 7.20. The van der Waals surface area contributed by atoms with Crippen LogP contribution in [0, 0.1) is 0 Å². The summed E-state index contributed by atoms with van der Waals surface area (Å²) in [5.41, 5.74) is 7.99. The van der Waals surface area contributed by atoms with Gasteiger partial charge in [-0.3, -0.25) is 4.57 Å². The molecular weight excluding hydrogens is 379 g/mol. The van der Waals surface area contributed by atoms with E-state index in [0.29, 0.717) is 29.4 Å². The van der Waals surface area contributed by atoms with Gasteiger partial charge in [0.05, 0.1) is 6.16 Å². The van der Waals surface area contributed by atoms with Crippen LogP contribution < -0.4 is 11.1 Å². The number of imidazole rings is 1. The Morgan fingerprint density at radius 3 is 2.64 bits per heavy atom. The summed E-state index contributed by atoms with van der Waals surface area (Å²) >= 11 is 0. The molecule has 0 fully saturated rings. The summed E-state index contributed by atoms with van der Waals surface area (Å²) in [5.74, 6) is 1.16. The zero-order chi connectivity index (χ0) is 19.7. The van der Waals surface area contributed by atoms with Crippen LogP contribution in [0.3, 0.4) is 0 Å². The predicted octanol–water partition coefficient (Wildman–Crippen LogP) is 2.27. The van der Waals surface area contributed by atoms with Gasteiger partial charge in [0, 0.05) is 13.0 Å². The summed E-state index contributed by atoms with van der Waals surface area (Å²) in [7, 11) is -4.07. The van der Waals surface area contributed by atoms with Gasteiger partial charge in [-0.25, -0.2) is 9.97 Å². The van der Waals surface area contributed by atoms with E-state index in [1.165, 1.54) is 5.39 Å². The van der Waals surface area contributed by atoms with E-state index in [2.05, 4.69) is 49.5 Å².